The average molecular weight is 399 g/mol. The van der Waals surface area contributed by atoms with Gasteiger partial charge in [0.15, 0.2) is 0 Å². The van der Waals surface area contributed by atoms with E-state index in [-0.39, 0.29) is 11.3 Å². The van der Waals surface area contributed by atoms with Crippen molar-refractivity contribution in [2.24, 2.45) is 0 Å². The molecule has 1 aliphatic heterocycles. The van der Waals surface area contributed by atoms with Gasteiger partial charge in [-0.3, -0.25) is 14.5 Å². The zero-order valence-electron chi connectivity index (χ0n) is 16.3. The predicted octanol–water partition coefficient (Wildman–Crippen LogP) is 0.547. The summed E-state index contributed by atoms with van der Waals surface area (Å²) < 4.78 is 16.0. The molecule has 0 spiro atoms. The van der Waals surface area contributed by atoms with Gasteiger partial charge in [0.2, 0.25) is 5.95 Å². The van der Waals surface area contributed by atoms with Crippen molar-refractivity contribution in [2.45, 2.75) is 13.5 Å². The number of carbonyl (C=O) groups excluding carboxylic acids is 1. The average Bonchev–Trinajstić information content (AvgIpc) is 3.09. The van der Waals surface area contributed by atoms with Gasteiger partial charge in [0, 0.05) is 57.6 Å². The Hall–Kier alpha value is -3.27. The van der Waals surface area contributed by atoms with E-state index in [1.165, 1.54) is 13.1 Å². The van der Waals surface area contributed by atoms with E-state index in [1.54, 1.807) is 23.7 Å². The summed E-state index contributed by atoms with van der Waals surface area (Å²) in [4.78, 5) is 34.1. The second-order valence-corrected chi connectivity index (χ2v) is 7.08. The monoisotopic (exact) mass is 399 g/mol. The highest BCUT2D eigenvalue weighted by molar-refractivity contribution is 5.92. The predicted molar refractivity (Wildman–Crippen MR) is 106 cm³/mol. The molecule has 0 radical (unpaired) electrons. The Morgan fingerprint density at radius 2 is 2.03 bits per heavy atom. The molecule has 152 valence electrons. The minimum Gasteiger partial charge on any atom is -0.365 e. The van der Waals surface area contributed by atoms with Crippen LogP contribution in [0.3, 0.4) is 0 Å². The van der Waals surface area contributed by atoms with Crippen molar-refractivity contribution in [3.8, 4) is 0 Å². The van der Waals surface area contributed by atoms with Crippen molar-refractivity contribution >= 4 is 17.2 Å². The third kappa shape index (κ3) is 3.83. The van der Waals surface area contributed by atoms with Crippen LogP contribution in [0.25, 0.3) is 5.65 Å². The van der Waals surface area contributed by atoms with Crippen molar-refractivity contribution in [3.63, 3.8) is 0 Å². The Labute approximate surface area is 166 Å². The van der Waals surface area contributed by atoms with Crippen LogP contribution in [-0.2, 0) is 6.54 Å². The minimum atomic E-state index is -0.640. The Morgan fingerprint density at radius 3 is 2.72 bits per heavy atom. The molecule has 1 fully saturated rings. The Bertz CT molecular complexity index is 1120. The van der Waals surface area contributed by atoms with Crippen molar-refractivity contribution in [1.29, 1.82) is 0 Å². The van der Waals surface area contributed by atoms with Gasteiger partial charge in [0.25, 0.3) is 11.5 Å². The third-order valence-corrected chi connectivity index (χ3v) is 5.09. The van der Waals surface area contributed by atoms with Gasteiger partial charge in [-0.25, -0.2) is 9.50 Å². The number of fused-ring (bicyclic) bond motifs is 1. The molecule has 29 heavy (non-hydrogen) atoms. The number of nitrogens with zero attached hydrogens (tertiary/aromatic N) is 5. The second kappa shape index (κ2) is 7.63. The second-order valence-electron chi connectivity index (χ2n) is 7.08. The molecule has 0 aromatic carbocycles. The normalized spacial score (nSPS) is 15.1. The molecule has 2 N–H and O–H groups in total. The summed E-state index contributed by atoms with van der Waals surface area (Å²) in [6, 6.07) is 5.00. The fraction of sp³-hybridized carbons (Fsp3) is 0.368. The lowest BCUT2D eigenvalue weighted by molar-refractivity contribution is 0.0957. The number of piperazine rings is 1. The van der Waals surface area contributed by atoms with Gasteiger partial charge >= 0.3 is 0 Å². The van der Waals surface area contributed by atoms with Crippen LogP contribution < -0.4 is 15.8 Å². The summed E-state index contributed by atoms with van der Waals surface area (Å²) in [6.07, 6.45) is 1.72. The molecule has 0 aliphatic carbocycles. The van der Waals surface area contributed by atoms with E-state index in [2.05, 4.69) is 25.3 Å². The summed E-state index contributed by atoms with van der Waals surface area (Å²) >= 11 is 0. The quantitative estimate of drug-likeness (QED) is 0.622. The Balaban J connectivity index is 1.41. The van der Waals surface area contributed by atoms with Crippen molar-refractivity contribution < 1.29 is 9.18 Å². The fourth-order valence-corrected chi connectivity index (χ4v) is 3.46. The number of aryl methyl sites for hydroxylation is 1. The number of hydrogen-bond acceptors (Lipinski definition) is 6. The van der Waals surface area contributed by atoms with Gasteiger partial charge in [0.1, 0.15) is 11.3 Å². The van der Waals surface area contributed by atoms with Crippen molar-refractivity contribution in [2.75, 3.05) is 38.1 Å². The number of rotatable bonds is 4. The first-order chi connectivity index (χ1) is 13.9. The van der Waals surface area contributed by atoms with E-state index in [9.17, 15) is 14.0 Å². The highest BCUT2D eigenvalue weighted by Crippen LogP contribution is 2.20. The first kappa shape index (κ1) is 19.1. The number of aromatic nitrogens is 4. The van der Waals surface area contributed by atoms with Crippen LogP contribution in [0, 0.1) is 12.9 Å². The van der Waals surface area contributed by atoms with Gasteiger partial charge < -0.3 is 15.2 Å². The van der Waals surface area contributed by atoms with Crippen molar-refractivity contribution in [1.82, 2.24) is 29.8 Å². The molecule has 0 atom stereocenters. The zero-order valence-corrected chi connectivity index (χ0v) is 16.3. The number of H-pyrrole nitrogens is 1. The molecule has 1 saturated heterocycles. The van der Waals surface area contributed by atoms with Crippen LogP contribution in [0.15, 0.2) is 29.2 Å². The van der Waals surface area contributed by atoms with Crippen molar-refractivity contribution in [3.05, 3.63) is 57.6 Å². The van der Waals surface area contributed by atoms with Gasteiger partial charge in [-0.15, -0.1) is 0 Å². The maximum atomic E-state index is 14.4. The molecular weight excluding hydrogens is 377 g/mol. The number of carbonyl (C=O) groups is 1. The molecule has 3 aromatic rings. The molecule has 10 heteroatoms. The summed E-state index contributed by atoms with van der Waals surface area (Å²) in [5.41, 5.74) is 2.49. The number of halogens is 1. The lowest BCUT2D eigenvalue weighted by Crippen LogP contribution is -2.46. The maximum absolute atomic E-state index is 14.4. The van der Waals surface area contributed by atoms with E-state index < -0.39 is 11.9 Å². The molecule has 9 nitrogen and oxygen atoms in total. The van der Waals surface area contributed by atoms with Crippen LogP contribution in [0.2, 0.25) is 0 Å². The molecule has 1 amide bonds. The summed E-state index contributed by atoms with van der Waals surface area (Å²) in [5, 5.41) is 6.95. The van der Waals surface area contributed by atoms with Gasteiger partial charge in [-0.2, -0.15) is 9.49 Å². The number of hydrogen-bond donors (Lipinski definition) is 2. The van der Waals surface area contributed by atoms with E-state index in [4.69, 9.17) is 0 Å². The van der Waals surface area contributed by atoms with Crippen LogP contribution >= 0.6 is 0 Å². The number of aromatic amines is 1. The largest absolute Gasteiger partial charge is 0.365 e. The Morgan fingerprint density at radius 1 is 1.28 bits per heavy atom. The molecular formula is C19H22FN7O2. The molecule has 4 heterocycles. The van der Waals surface area contributed by atoms with Crippen LogP contribution in [0.5, 0.6) is 0 Å². The number of pyridine rings is 1. The van der Waals surface area contributed by atoms with Gasteiger partial charge in [-0.05, 0) is 19.1 Å². The molecule has 1 aliphatic rings. The molecule has 0 saturated carbocycles. The first-order valence-electron chi connectivity index (χ1n) is 9.38. The lowest BCUT2D eigenvalue weighted by atomic mass is 10.2. The van der Waals surface area contributed by atoms with Gasteiger partial charge in [0.05, 0.1) is 11.4 Å². The SMILES string of the molecule is CNC(=O)c1ccc(N2CCN(Cc3cc4[nH]c(=O)c(C)cn4n3)CC2)c(F)n1. The molecule has 0 unspecified atom stereocenters. The molecule has 0 bridgehead atoms. The maximum Gasteiger partial charge on any atom is 0.269 e. The molecule has 4 rings (SSSR count). The summed E-state index contributed by atoms with van der Waals surface area (Å²) in [5.74, 6) is -1.05. The highest BCUT2D eigenvalue weighted by Gasteiger charge is 2.22. The smallest absolute Gasteiger partial charge is 0.269 e. The number of nitrogens with one attached hydrogen (secondary N) is 2. The lowest BCUT2D eigenvalue weighted by Gasteiger charge is -2.35. The van der Waals surface area contributed by atoms with Crippen LogP contribution in [-0.4, -0.2) is 63.6 Å². The van der Waals surface area contributed by atoms with E-state index in [1.807, 2.05) is 11.0 Å². The number of anilines is 1. The van der Waals surface area contributed by atoms with E-state index >= 15 is 0 Å². The number of amides is 1. The van der Waals surface area contributed by atoms with Crippen LogP contribution in [0.1, 0.15) is 21.7 Å². The minimum absolute atomic E-state index is 0.0625. The Kier molecular flexibility index (Phi) is 5.01. The fourth-order valence-electron chi connectivity index (χ4n) is 3.46. The third-order valence-electron chi connectivity index (χ3n) is 5.09. The summed E-state index contributed by atoms with van der Waals surface area (Å²) in [7, 11) is 1.48. The standard InChI is InChI=1S/C19H22FN7O2/c1-12-10-27-16(23-18(12)28)9-13(24-27)11-25-5-7-26(8-6-25)15-4-3-14(19(29)21-2)22-17(15)20/h3-4,9-10H,5-8,11H2,1-2H3,(H,21,29)(H,23,28). The highest BCUT2D eigenvalue weighted by atomic mass is 19.1. The zero-order chi connectivity index (χ0) is 20.5. The van der Waals surface area contributed by atoms with E-state index in [0.29, 0.717) is 36.5 Å². The first-order valence-corrected chi connectivity index (χ1v) is 9.38. The van der Waals surface area contributed by atoms with Gasteiger partial charge in [-0.1, -0.05) is 0 Å². The molecule has 3 aromatic heterocycles. The summed E-state index contributed by atoms with van der Waals surface area (Å²) in [6.45, 7) is 5.14. The topological polar surface area (TPSA) is 98.6 Å². The van der Waals surface area contributed by atoms with E-state index in [0.717, 1.165) is 18.8 Å². The van der Waals surface area contributed by atoms with Crippen LogP contribution in [0.4, 0.5) is 10.1 Å².